The molecule has 0 unspecified atom stereocenters. The average molecular weight is 481 g/mol. The third-order valence-corrected chi connectivity index (χ3v) is 6.05. The fourth-order valence-corrected chi connectivity index (χ4v) is 4.45. The van der Waals surface area contributed by atoms with Crippen molar-refractivity contribution in [1.29, 1.82) is 0 Å². The number of hydrogen-bond acceptors (Lipinski definition) is 6. The SMILES string of the molecule is CCOC(=O)c1ccc(NC(=O)CCN2C(=O)/C(=C\C(C)=C\c3ccccc3)SC2=S)cc1. The maximum absolute atomic E-state index is 12.8. The zero-order valence-electron chi connectivity index (χ0n) is 18.4. The number of carbonyl (C=O) groups is 3. The number of nitrogens with zero attached hydrogens (tertiary/aromatic N) is 1. The number of thiocarbonyl (C=S) groups is 1. The predicted molar refractivity (Wildman–Crippen MR) is 136 cm³/mol. The summed E-state index contributed by atoms with van der Waals surface area (Å²) in [6, 6.07) is 16.3. The van der Waals surface area contributed by atoms with E-state index < -0.39 is 5.97 Å². The molecule has 0 radical (unpaired) electrons. The Morgan fingerprint density at radius 3 is 2.48 bits per heavy atom. The number of ether oxygens (including phenoxy) is 1. The highest BCUT2D eigenvalue weighted by atomic mass is 32.2. The molecule has 1 aliphatic heterocycles. The van der Waals surface area contributed by atoms with E-state index in [9.17, 15) is 14.4 Å². The van der Waals surface area contributed by atoms with Crippen molar-refractivity contribution in [1.82, 2.24) is 4.90 Å². The molecule has 0 aliphatic carbocycles. The fourth-order valence-electron chi connectivity index (χ4n) is 3.09. The molecule has 2 amide bonds. The second kappa shape index (κ2) is 11.6. The molecule has 1 aliphatic rings. The van der Waals surface area contributed by atoms with Gasteiger partial charge in [0.25, 0.3) is 5.91 Å². The van der Waals surface area contributed by atoms with Gasteiger partial charge in [0.1, 0.15) is 4.32 Å². The van der Waals surface area contributed by atoms with Crippen molar-refractivity contribution in [2.45, 2.75) is 20.3 Å². The Balaban J connectivity index is 1.55. The lowest BCUT2D eigenvalue weighted by Gasteiger charge is -2.14. The first-order valence-electron chi connectivity index (χ1n) is 10.4. The molecule has 1 N–H and O–H groups in total. The van der Waals surface area contributed by atoms with Crippen molar-refractivity contribution in [2.75, 3.05) is 18.5 Å². The Bertz CT molecular complexity index is 1110. The van der Waals surface area contributed by atoms with E-state index in [0.29, 0.717) is 27.1 Å². The Labute approximate surface area is 202 Å². The number of nitrogens with one attached hydrogen (secondary N) is 1. The first-order valence-corrected chi connectivity index (χ1v) is 11.7. The molecule has 3 rings (SSSR count). The molecule has 33 heavy (non-hydrogen) atoms. The number of benzene rings is 2. The van der Waals surface area contributed by atoms with Crippen LogP contribution in [0, 0.1) is 0 Å². The van der Waals surface area contributed by atoms with Gasteiger partial charge in [-0.05, 0) is 55.3 Å². The largest absolute Gasteiger partial charge is 0.462 e. The lowest BCUT2D eigenvalue weighted by atomic mass is 10.1. The predicted octanol–water partition coefficient (Wildman–Crippen LogP) is 5.04. The van der Waals surface area contributed by atoms with Gasteiger partial charge in [0.05, 0.1) is 17.1 Å². The molecule has 170 valence electrons. The van der Waals surface area contributed by atoms with Crippen LogP contribution in [0.4, 0.5) is 5.69 Å². The summed E-state index contributed by atoms with van der Waals surface area (Å²) in [6.07, 6.45) is 3.91. The van der Waals surface area contributed by atoms with E-state index in [2.05, 4.69) is 5.32 Å². The molecule has 0 spiro atoms. The van der Waals surface area contributed by atoms with Gasteiger partial charge in [-0.1, -0.05) is 60.4 Å². The van der Waals surface area contributed by atoms with Crippen LogP contribution in [0.3, 0.4) is 0 Å². The summed E-state index contributed by atoms with van der Waals surface area (Å²) >= 11 is 6.59. The van der Waals surface area contributed by atoms with Crippen molar-refractivity contribution >= 4 is 57.8 Å². The van der Waals surface area contributed by atoms with Gasteiger partial charge in [0.15, 0.2) is 0 Å². The summed E-state index contributed by atoms with van der Waals surface area (Å²) in [5, 5.41) is 2.76. The summed E-state index contributed by atoms with van der Waals surface area (Å²) in [5.41, 5.74) is 2.95. The Morgan fingerprint density at radius 1 is 1.12 bits per heavy atom. The maximum Gasteiger partial charge on any atom is 0.338 e. The third-order valence-electron chi connectivity index (χ3n) is 4.67. The monoisotopic (exact) mass is 480 g/mol. The molecule has 0 bridgehead atoms. The van der Waals surface area contributed by atoms with Crippen LogP contribution in [-0.2, 0) is 14.3 Å². The number of rotatable bonds is 8. The van der Waals surface area contributed by atoms with Crippen LogP contribution in [0.1, 0.15) is 36.2 Å². The van der Waals surface area contributed by atoms with E-state index in [4.69, 9.17) is 17.0 Å². The van der Waals surface area contributed by atoms with Crippen LogP contribution in [0.2, 0.25) is 0 Å². The van der Waals surface area contributed by atoms with E-state index in [-0.39, 0.29) is 24.8 Å². The van der Waals surface area contributed by atoms with E-state index in [0.717, 1.165) is 11.1 Å². The van der Waals surface area contributed by atoms with Crippen LogP contribution in [0.25, 0.3) is 6.08 Å². The Hall–Kier alpha value is -3.23. The fraction of sp³-hybridized carbons (Fsp3) is 0.200. The summed E-state index contributed by atoms with van der Waals surface area (Å²) < 4.78 is 5.38. The summed E-state index contributed by atoms with van der Waals surface area (Å²) in [6.45, 7) is 4.16. The summed E-state index contributed by atoms with van der Waals surface area (Å²) in [7, 11) is 0. The number of esters is 1. The molecule has 0 aromatic heterocycles. The average Bonchev–Trinajstić information content (AvgIpc) is 3.05. The topological polar surface area (TPSA) is 75.7 Å². The minimum absolute atomic E-state index is 0.0954. The summed E-state index contributed by atoms with van der Waals surface area (Å²) in [5.74, 6) is -0.860. The molecule has 2 aromatic rings. The van der Waals surface area contributed by atoms with Gasteiger partial charge in [0.2, 0.25) is 5.91 Å². The number of hydrogen-bond donors (Lipinski definition) is 1. The van der Waals surface area contributed by atoms with Gasteiger partial charge >= 0.3 is 5.97 Å². The molecule has 0 atom stereocenters. The van der Waals surface area contributed by atoms with Crippen molar-refractivity contribution < 1.29 is 19.1 Å². The number of thioether (sulfide) groups is 1. The first kappa shape index (κ1) is 24.4. The minimum Gasteiger partial charge on any atom is -0.462 e. The summed E-state index contributed by atoms with van der Waals surface area (Å²) in [4.78, 5) is 38.8. The van der Waals surface area contributed by atoms with Gasteiger partial charge in [-0.3, -0.25) is 14.5 Å². The van der Waals surface area contributed by atoms with E-state index in [1.54, 1.807) is 31.2 Å². The smallest absolute Gasteiger partial charge is 0.338 e. The van der Waals surface area contributed by atoms with E-state index >= 15 is 0 Å². The second-order valence-corrected chi connectivity index (χ2v) is 8.90. The Morgan fingerprint density at radius 2 is 1.82 bits per heavy atom. The van der Waals surface area contributed by atoms with Gasteiger partial charge in [-0.2, -0.15) is 0 Å². The molecule has 8 heteroatoms. The van der Waals surface area contributed by atoms with Gasteiger partial charge < -0.3 is 10.1 Å². The van der Waals surface area contributed by atoms with Crippen LogP contribution < -0.4 is 5.32 Å². The molecule has 2 aromatic carbocycles. The maximum atomic E-state index is 12.8. The van der Waals surface area contributed by atoms with Gasteiger partial charge in [-0.15, -0.1) is 0 Å². The lowest BCUT2D eigenvalue weighted by Crippen LogP contribution is -2.31. The molecule has 6 nitrogen and oxygen atoms in total. The standard InChI is InChI=1S/C25H24N2O4S2/c1-3-31-24(30)19-9-11-20(12-10-19)26-22(28)13-14-27-23(29)21(33-25(27)32)16-17(2)15-18-7-5-4-6-8-18/h4-12,15-16H,3,13-14H2,1-2H3,(H,26,28)/b17-15+,21-16+. The van der Waals surface area contributed by atoms with Gasteiger partial charge in [0, 0.05) is 18.7 Å². The molecule has 1 fully saturated rings. The van der Waals surface area contributed by atoms with Gasteiger partial charge in [-0.25, -0.2) is 4.79 Å². The van der Waals surface area contributed by atoms with Crippen molar-refractivity contribution in [3.63, 3.8) is 0 Å². The van der Waals surface area contributed by atoms with E-state index in [1.807, 2.05) is 49.4 Å². The minimum atomic E-state index is -0.411. The molecule has 0 saturated carbocycles. The van der Waals surface area contributed by atoms with Crippen LogP contribution in [-0.4, -0.2) is 40.2 Å². The highest BCUT2D eigenvalue weighted by molar-refractivity contribution is 8.26. The number of allylic oxidation sites excluding steroid dienone is 2. The van der Waals surface area contributed by atoms with Crippen LogP contribution in [0.5, 0.6) is 0 Å². The van der Waals surface area contributed by atoms with Crippen molar-refractivity contribution in [3.05, 3.63) is 82.3 Å². The Kier molecular flexibility index (Phi) is 8.57. The van der Waals surface area contributed by atoms with Crippen molar-refractivity contribution in [2.24, 2.45) is 0 Å². The quantitative estimate of drug-likeness (QED) is 0.324. The van der Waals surface area contributed by atoms with Crippen molar-refractivity contribution in [3.8, 4) is 0 Å². The molecular weight excluding hydrogens is 456 g/mol. The second-order valence-electron chi connectivity index (χ2n) is 7.23. The van der Waals surface area contributed by atoms with E-state index in [1.165, 1.54) is 16.7 Å². The normalized spacial score (nSPS) is 15.2. The highest BCUT2D eigenvalue weighted by Gasteiger charge is 2.32. The molecule has 1 saturated heterocycles. The molecule has 1 heterocycles. The number of anilines is 1. The number of carbonyl (C=O) groups excluding carboxylic acids is 3. The zero-order chi connectivity index (χ0) is 23.8. The zero-order valence-corrected chi connectivity index (χ0v) is 20.0. The lowest BCUT2D eigenvalue weighted by molar-refractivity contribution is -0.122. The van der Waals surface area contributed by atoms with Crippen LogP contribution >= 0.6 is 24.0 Å². The molecular formula is C25H24N2O4S2. The highest BCUT2D eigenvalue weighted by Crippen LogP contribution is 2.32. The first-order chi connectivity index (χ1) is 15.9. The third kappa shape index (κ3) is 6.87. The van der Waals surface area contributed by atoms with Crippen LogP contribution in [0.15, 0.2) is 71.2 Å². The number of amides is 2.